The molecule has 0 saturated carbocycles. The molecule has 34 heavy (non-hydrogen) atoms. The first-order chi connectivity index (χ1) is 16.8. The van der Waals surface area contributed by atoms with Gasteiger partial charge in [-0.15, -0.1) is 0 Å². The van der Waals surface area contributed by atoms with Crippen LogP contribution in [-0.2, 0) is 11.2 Å². The zero-order chi connectivity index (χ0) is 23.6. The maximum absolute atomic E-state index is 14.1. The van der Waals surface area contributed by atoms with Gasteiger partial charge in [0.15, 0.2) is 5.78 Å². The fourth-order valence-electron chi connectivity index (χ4n) is 4.06. The topological polar surface area (TPSA) is 29.4 Å². The van der Waals surface area contributed by atoms with Crippen LogP contribution in [0.25, 0.3) is 5.57 Å². The normalized spacial score (nSPS) is 11.1. The van der Waals surface area contributed by atoms with Crippen molar-refractivity contribution in [2.75, 3.05) is 6.54 Å². The number of hydrogen-bond donors (Lipinski definition) is 0. The predicted octanol–water partition coefficient (Wildman–Crippen LogP) is 7.20. The van der Waals surface area contributed by atoms with Gasteiger partial charge in [-0.1, -0.05) is 128 Å². The van der Waals surface area contributed by atoms with Crippen molar-refractivity contribution in [2.24, 2.45) is 4.99 Å². The molecule has 4 aromatic rings. The second-order valence-electron chi connectivity index (χ2n) is 8.16. The van der Waals surface area contributed by atoms with Gasteiger partial charge in [0.1, 0.15) is 0 Å². The summed E-state index contributed by atoms with van der Waals surface area (Å²) in [5.41, 5.74) is 6.30. The number of ketones is 1. The number of carbonyl (C=O) groups excluding carboxylic acids is 1. The van der Waals surface area contributed by atoms with E-state index in [9.17, 15) is 4.79 Å². The summed E-state index contributed by atoms with van der Waals surface area (Å²) in [5, 5.41) is 0. The Labute approximate surface area is 202 Å². The van der Waals surface area contributed by atoms with Gasteiger partial charge in [-0.05, 0) is 23.1 Å². The van der Waals surface area contributed by atoms with Crippen molar-refractivity contribution in [1.29, 1.82) is 0 Å². The van der Waals surface area contributed by atoms with Crippen molar-refractivity contribution in [3.63, 3.8) is 0 Å². The van der Waals surface area contributed by atoms with Crippen LogP contribution < -0.4 is 0 Å². The minimum Gasteiger partial charge on any atom is -0.294 e. The fourth-order valence-corrected chi connectivity index (χ4v) is 4.06. The van der Waals surface area contributed by atoms with Crippen molar-refractivity contribution < 1.29 is 4.79 Å². The summed E-state index contributed by atoms with van der Waals surface area (Å²) in [6.45, 7) is 2.76. The van der Waals surface area contributed by atoms with E-state index in [1.807, 2.05) is 97.1 Å². The molecule has 0 N–H and O–H groups in total. The molecule has 0 bridgehead atoms. The molecule has 0 aliphatic rings. The molecule has 0 atom stereocenters. The van der Waals surface area contributed by atoms with Crippen LogP contribution >= 0.6 is 0 Å². The molecule has 0 unspecified atom stereocenters. The minimum absolute atomic E-state index is 0.0626. The Hall–Kier alpha value is -4.04. The summed E-state index contributed by atoms with van der Waals surface area (Å²) in [6.07, 6.45) is 1.22. The molecule has 0 aliphatic carbocycles. The van der Waals surface area contributed by atoms with E-state index < -0.39 is 0 Å². The van der Waals surface area contributed by atoms with Gasteiger partial charge in [0.05, 0.1) is 11.3 Å². The highest BCUT2D eigenvalue weighted by Crippen LogP contribution is 2.30. The maximum atomic E-state index is 14.1. The average Bonchev–Trinajstić information content (AvgIpc) is 2.90. The van der Waals surface area contributed by atoms with E-state index in [4.69, 9.17) is 4.99 Å². The van der Waals surface area contributed by atoms with Gasteiger partial charge in [0.25, 0.3) is 0 Å². The zero-order valence-electron chi connectivity index (χ0n) is 19.5. The van der Waals surface area contributed by atoms with Crippen molar-refractivity contribution in [1.82, 2.24) is 0 Å². The molecule has 0 aromatic heterocycles. The second kappa shape index (κ2) is 11.7. The first-order valence-electron chi connectivity index (χ1n) is 11.8. The molecule has 0 fully saturated rings. The standard InChI is InChI=1S/C32H29NO/c1-2-23-33-32(28-21-13-6-14-22-28)31(29(34)24-25-15-7-3-8-16-25)30(26-17-9-4-10-18-26)27-19-11-5-12-20-27/h3-22H,2,23-24H2,1H3. The van der Waals surface area contributed by atoms with E-state index in [0.717, 1.165) is 40.0 Å². The molecule has 0 saturated heterocycles. The molecule has 2 heteroatoms. The first kappa shape index (κ1) is 23.1. The third-order valence-corrected chi connectivity index (χ3v) is 5.64. The van der Waals surface area contributed by atoms with Gasteiger partial charge < -0.3 is 0 Å². The first-order valence-corrected chi connectivity index (χ1v) is 11.8. The zero-order valence-corrected chi connectivity index (χ0v) is 19.5. The monoisotopic (exact) mass is 443 g/mol. The highest BCUT2D eigenvalue weighted by Gasteiger charge is 2.24. The van der Waals surface area contributed by atoms with E-state index in [-0.39, 0.29) is 5.78 Å². The molecule has 0 radical (unpaired) electrons. The van der Waals surface area contributed by atoms with E-state index in [1.54, 1.807) is 0 Å². The quantitative estimate of drug-likeness (QED) is 0.199. The highest BCUT2D eigenvalue weighted by atomic mass is 16.1. The molecule has 0 heterocycles. The largest absolute Gasteiger partial charge is 0.294 e. The summed E-state index contributed by atoms with van der Waals surface area (Å²) in [4.78, 5) is 19.1. The fraction of sp³-hybridized carbons (Fsp3) is 0.125. The van der Waals surface area contributed by atoms with E-state index in [0.29, 0.717) is 18.5 Å². The van der Waals surface area contributed by atoms with Crippen molar-refractivity contribution in [3.8, 4) is 0 Å². The average molecular weight is 444 g/mol. The molecule has 0 amide bonds. The molecule has 2 nitrogen and oxygen atoms in total. The predicted molar refractivity (Wildman–Crippen MR) is 142 cm³/mol. The Bertz CT molecular complexity index is 1220. The van der Waals surface area contributed by atoms with Gasteiger partial charge in [0, 0.05) is 24.1 Å². The maximum Gasteiger partial charge on any atom is 0.170 e. The van der Waals surface area contributed by atoms with Gasteiger partial charge >= 0.3 is 0 Å². The third kappa shape index (κ3) is 5.65. The number of Topliss-reactive ketones (excluding diaryl/α,β-unsaturated/α-hetero) is 1. The Morgan fingerprint density at radius 3 is 1.53 bits per heavy atom. The Morgan fingerprint density at radius 1 is 0.618 bits per heavy atom. The van der Waals surface area contributed by atoms with Gasteiger partial charge in [0.2, 0.25) is 0 Å². The molecule has 0 spiro atoms. The van der Waals surface area contributed by atoms with E-state index in [1.165, 1.54) is 0 Å². The molecule has 4 rings (SSSR count). The summed E-state index contributed by atoms with van der Waals surface area (Å²) in [6, 6.07) is 40.4. The number of carbonyl (C=O) groups is 1. The Morgan fingerprint density at radius 2 is 1.06 bits per heavy atom. The lowest BCUT2D eigenvalue weighted by molar-refractivity contribution is -0.114. The molecule has 4 aromatic carbocycles. The van der Waals surface area contributed by atoms with Gasteiger partial charge in [-0.25, -0.2) is 0 Å². The number of hydrogen-bond acceptors (Lipinski definition) is 2. The SMILES string of the molecule is CCCN=C(C(C(=O)Cc1ccccc1)=C(c1ccccc1)c1ccccc1)c1ccccc1. The Kier molecular flexibility index (Phi) is 7.97. The second-order valence-corrected chi connectivity index (χ2v) is 8.16. The molecular formula is C32H29NO. The number of allylic oxidation sites excluding steroid dienone is 1. The highest BCUT2D eigenvalue weighted by molar-refractivity contribution is 6.33. The van der Waals surface area contributed by atoms with Crippen LogP contribution in [0.2, 0.25) is 0 Å². The number of benzene rings is 4. The van der Waals surface area contributed by atoms with Crippen LogP contribution in [0.5, 0.6) is 0 Å². The van der Waals surface area contributed by atoms with Crippen LogP contribution in [0.3, 0.4) is 0 Å². The number of aliphatic imine (C=N–C) groups is 1. The third-order valence-electron chi connectivity index (χ3n) is 5.64. The number of rotatable bonds is 9. The van der Waals surface area contributed by atoms with E-state index in [2.05, 4.69) is 31.2 Å². The molecular weight excluding hydrogens is 414 g/mol. The van der Waals surface area contributed by atoms with Crippen molar-refractivity contribution in [2.45, 2.75) is 19.8 Å². The Balaban J connectivity index is 2.01. The summed E-state index contributed by atoms with van der Waals surface area (Å²) in [7, 11) is 0. The van der Waals surface area contributed by atoms with Crippen LogP contribution in [0.15, 0.2) is 132 Å². The number of nitrogens with zero attached hydrogens (tertiary/aromatic N) is 1. The molecule has 168 valence electrons. The van der Waals surface area contributed by atoms with Crippen LogP contribution in [0.1, 0.15) is 35.6 Å². The van der Waals surface area contributed by atoms with Gasteiger partial charge in [-0.2, -0.15) is 0 Å². The van der Waals surface area contributed by atoms with Gasteiger partial charge in [-0.3, -0.25) is 9.79 Å². The van der Waals surface area contributed by atoms with Crippen molar-refractivity contribution >= 4 is 17.1 Å². The van der Waals surface area contributed by atoms with Crippen molar-refractivity contribution in [3.05, 3.63) is 149 Å². The van der Waals surface area contributed by atoms with Crippen LogP contribution in [0, 0.1) is 0 Å². The minimum atomic E-state index is 0.0626. The lowest BCUT2D eigenvalue weighted by Crippen LogP contribution is -2.20. The summed E-state index contributed by atoms with van der Waals surface area (Å²) in [5.74, 6) is 0.0626. The smallest absolute Gasteiger partial charge is 0.170 e. The summed E-state index contributed by atoms with van der Waals surface area (Å²) >= 11 is 0. The van der Waals surface area contributed by atoms with E-state index >= 15 is 0 Å². The lowest BCUT2D eigenvalue weighted by atomic mass is 9.85. The lowest BCUT2D eigenvalue weighted by Gasteiger charge is -2.19. The van der Waals surface area contributed by atoms with Crippen LogP contribution in [-0.4, -0.2) is 18.0 Å². The molecule has 0 aliphatic heterocycles. The van der Waals surface area contributed by atoms with Crippen LogP contribution in [0.4, 0.5) is 0 Å². The summed E-state index contributed by atoms with van der Waals surface area (Å²) < 4.78 is 0.